The minimum atomic E-state index is -0.542. The number of nitrogens with zero attached hydrogens (tertiary/aromatic N) is 3. The largest absolute Gasteiger partial charge is 0.454 e. The number of benzene rings is 1. The van der Waals surface area contributed by atoms with Crippen molar-refractivity contribution in [2.24, 2.45) is 0 Å². The monoisotopic (exact) mass is 377 g/mol. The Balaban J connectivity index is 1.51. The number of carbonyl (C=O) groups is 1. The number of hydrogen-bond acceptors (Lipinski definition) is 6. The Hall–Kier alpha value is -3.32. The zero-order chi connectivity index (χ0) is 18.8. The summed E-state index contributed by atoms with van der Waals surface area (Å²) in [5.41, 5.74) is 2.70. The summed E-state index contributed by atoms with van der Waals surface area (Å²) in [6.45, 7) is 1.75. The minimum Gasteiger partial charge on any atom is -0.454 e. The van der Waals surface area contributed by atoms with Crippen LogP contribution in [0.15, 0.2) is 64.8 Å². The predicted octanol–water partition coefficient (Wildman–Crippen LogP) is 3.48. The number of ether oxygens (including phenoxy) is 1. The van der Waals surface area contributed by atoms with E-state index in [2.05, 4.69) is 9.97 Å². The van der Waals surface area contributed by atoms with Gasteiger partial charge in [0.25, 0.3) is 5.56 Å². The highest BCUT2D eigenvalue weighted by Gasteiger charge is 2.14. The van der Waals surface area contributed by atoms with Crippen molar-refractivity contribution in [2.45, 2.75) is 13.5 Å². The van der Waals surface area contributed by atoms with E-state index in [-0.39, 0.29) is 17.9 Å². The molecule has 0 saturated carbocycles. The molecule has 0 aliphatic rings. The SMILES string of the molecule is Cc1cccc2nc(COC(=O)c3csc(-c4ccccc4)n3)cc(=O)n12. The first kappa shape index (κ1) is 17.1. The molecule has 134 valence electrons. The lowest BCUT2D eigenvalue weighted by Gasteiger charge is -2.07. The maximum absolute atomic E-state index is 12.3. The third-order valence-corrected chi connectivity index (χ3v) is 4.91. The van der Waals surface area contributed by atoms with E-state index < -0.39 is 5.97 Å². The Kier molecular flexibility index (Phi) is 4.52. The summed E-state index contributed by atoms with van der Waals surface area (Å²) < 4.78 is 6.80. The van der Waals surface area contributed by atoms with Gasteiger partial charge >= 0.3 is 5.97 Å². The van der Waals surface area contributed by atoms with Crippen LogP contribution in [0.5, 0.6) is 0 Å². The number of carbonyl (C=O) groups excluding carboxylic acids is 1. The Morgan fingerprint density at radius 3 is 2.74 bits per heavy atom. The topological polar surface area (TPSA) is 73.6 Å². The molecule has 0 amide bonds. The zero-order valence-electron chi connectivity index (χ0n) is 14.5. The summed E-state index contributed by atoms with van der Waals surface area (Å²) in [6, 6.07) is 16.4. The molecule has 0 spiro atoms. The highest BCUT2D eigenvalue weighted by molar-refractivity contribution is 7.13. The smallest absolute Gasteiger partial charge is 0.358 e. The van der Waals surface area contributed by atoms with Gasteiger partial charge in [0.05, 0.1) is 5.69 Å². The number of fused-ring (bicyclic) bond motifs is 1. The van der Waals surface area contributed by atoms with E-state index in [4.69, 9.17) is 4.74 Å². The van der Waals surface area contributed by atoms with Crippen molar-refractivity contribution in [3.05, 3.63) is 87.4 Å². The molecule has 0 aliphatic heterocycles. The third kappa shape index (κ3) is 3.50. The van der Waals surface area contributed by atoms with Crippen LogP contribution in [0.25, 0.3) is 16.2 Å². The molecule has 6 nitrogen and oxygen atoms in total. The second-order valence-electron chi connectivity index (χ2n) is 5.93. The first-order valence-corrected chi connectivity index (χ1v) is 9.16. The van der Waals surface area contributed by atoms with Crippen LogP contribution in [0.1, 0.15) is 21.9 Å². The van der Waals surface area contributed by atoms with Crippen molar-refractivity contribution in [1.29, 1.82) is 0 Å². The fraction of sp³-hybridized carbons (Fsp3) is 0.100. The van der Waals surface area contributed by atoms with E-state index in [1.807, 2.05) is 49.4 Å². The maximum atomic E-state index is 12.3. The maximum Gasteiger partial charge on any atom is 0.358 e. The van der Waals surface area contributed by atoms with Crippen LogP contribution >= 0.6 is 11.3 Å². The van der Waals surface area contributed by atoms with Crippen LogP contribution in [-0.2, 0) is 11.3 Å². The van der Waals surface area contributed by atoms with E-state index in [1.54, 1.807) is 11.4 Å². The number of aryl methyl sites for hydroxylation is 1. The van der Waals surface area contributed by atoms with Gasteiger partial charge in [-0.25, -0.2) is 14.8 Å². The molecule has 0 bridgehead atoms. The van der Waals surface area contributed by atoms with Gasteiger partial charge in [-0.3, -0.25) is 9.20 Å². The summed E-state index contributed by atoms with van der Waals surface area (Å²) in [4.78, 5) is 33.3. The lowest BCUT2D eigenvalue weighted by molar-refractivity contribution is 0.0462. The summed E-state index contributed by atoms with van der Waals surface area (Å²) in [7, 11) is 0. The number of aromatic nitrogens is 3. The summed E-state index contributed by atoms with van der Waals surface area (Å²) in [5, 5.41) is 2.41. The highest BCUT2D eigenvalue weighted by Crippen LogP contribution is 2.23. The van der Waals surface area contributed by atoms with Crippen LogP contribution in [0, 0.1) is 6.92 Å². The lowest BCUT2D eigenvalue weighted by atomic mass is 10.2. The van der Waals surface area contributed by atoms with Gasteiger partial charge in [0.1, 0.15) is 17.3 Å². The van der Waals surface area contributed by atoms with Crippen LogP contribution in [0.2, 0.25) is 0 Å². The van der Waals surface area contributed by atoms with Gasteiger partial charge in [0, 0.05) is 22.7 Å². The van der Waals surface area contributed by atoms with E-state index in [0.29, 0.717) is 11.3 Å². The van der Waals surface area contributed by atoms with Gasteiger partial charge in [-0.05, 0) is 19.1 Å². The van der Waals surface area contributed by atoms with Gasteiger partial charge in [-0.15, -0.1) is 11.3 Å². The molecule has 3 aromatic heterocycles. The fourth-order valence-electron chi connectivity index (χ4n) is 2.73. The quantitative estimate of drug-likeness (QED) is 0.509. The van der Waals surface area contributed by atoms with Gasteiger partial charge in [0.15, 0.2) is 5.69 Å². The molecule has 27 heavy (non-hydrogen) atoms. The van der Waals surface area contributed by atoms with Crippen molar-refractivity contribution in [3.8, 4) is 10.6 Å². The Labute approximate surface area is 158 Å². The number of hydrogen-bond donors (Lipinski definition) is 0. The molecule has 7 heteroatoms. The molecule has 1 aromatic carbocycles. The van der Waals surface area contributed by atoms with Crippen LogP contribution in [-0.4, -0.2) is 20.3 Å². The summed E-state index contributed by atoms with van der Waals surface area (Å²) >= 11 is 1.38. The Morgan fingerprint density at radius 2 is 1.93 bits per heavy atom. The Morgan fingerprint density at radius 1 is 1.11 bits per heavy atom. The van der Waals surface area contributed by atoms with Crippen LogP contribution < -0.4 is 5.56 Å². The molecule has 4 rings (SSSR count). The molecule has 4 aromatic rings. The van der Waals surface area contributed by atoms with Gasteiger partial charge < -0.3 is 4.74 Å². The lowest BCUT2D eigenvalue weighted by Crippen LogP contribution is -2.18. The average Bonchev–Trinajstić information content (AvgIpc) is 3.17. The highest BCUT2D eigenvalue weighted by atomic mass is 32.1. The van der Waals surface area contributed by atoms with Crippen molar-refractivity contribution in [1.82, 2.24) is 14.4 Å². The van der Waals surface area contributed by atoms with Crippen molar-refractivity contribution >= 4 is 23.0 Å². The standard InChI is InChI=1S/C20H15N3O3S/c1-13-6-5-9-17-21-15(10-18(24)23(13)17)11-26-20(25)16-12-27-19(22-16)14-7-3-2-4-8-14/h2-10,12H,11H2,1H3. The van der Waals surface area contributed by atoms with E-state index in [0.717, 1.165) is 16.3 Å². The fourth-order valence-corrected chi connectivity index (χ4v) is 3.53. The van der Waals surface area contributed by atoms with Gasteiger partial charge in [-0.1, -0.05) is 36.4 Å². The van der Waals surface area contributed by atoms with E-state index in [1.165, 1.54) is 21.8 Å². The van der Waals surface area contributed by atoms with Crippen molar-refractivity contribution in [2.75, 3.05) is 0 Å². The van der Waals surface area contributed by atoms with Crippen molar-refractivity contribution in [3.63, 3.8) is 0 Å². The minimum absolute atomic E-state index is 0.0866. The first-order valence-electron chi connectivity index (χ1n) is 8.28. The molecule has 0 saturated heterocycles. The molecular weight excluding hydrogens is 362 g/mol. The number of esters is 1. The van der Waals surface area contributed by atoms with E-state index in [9.17, 15) is 9.59 Å². The molecule has 3 heterocycles. The molecule has 0 fully saturated rings. The molecular formula is C20H15N3O3S. The number of rotatable bonds is 4. The van der Waals surface area contributed by atoms with Gasteiger partial charge in [0.2, 0.25) is 0 Å². The predicted molar refractivity (Wildman–Crippen MR) is 103 cm³/mol. The summed E-state index contributed by atoms with van der Waals surface area (Å²) in [5.74, 6) is -0.542. The third-order valence-electron chi connectivity index (χ3n) is 4.02. The molecule has 0 N–H and O–H groups in total. The molecule has 0 unspecified atom stereocenters. The Bertz CT molecular complexity index is 1180. The molecule has 0 radical (unpaired) electrons. The van der Waals surface area contributed by atoms with E-state index >= 15 is 0 Å². The molecule has 0 atom stereocenters. The second kappa shape index (κ2) is 7.13. The zero-order valence-corrected chi connectivity index (χ0v) is 15.3. The number of pyridine rings is 1. The summed E-state index contributed by atoms with van der Waals surface area (Å²) in [6.07, 6.45) is 0. The normalized spacial score (nSPS) is 10.9. The van der Waals surface area contributed by atoms with Gasteiger partial charge in [-0.2, -0.15) is 0 Å². The average molecular weight is 377 g/mol. The number of thiazole rings is 1. The van der Waals surface area contributed by atoms with Crippen LogP contribution in [0.4, 0.5) is 0 Å². The molecule has 0 aliphatic carbocycles. The van der Waals surface area contributed by atoms with Crippen molar-refractivity contribution < 1.29 is 9.53 Å². The van der Waals surface area contributed by atoms with Crippen LogP contribution in [0.3, 0.4) is 0 Å². The first-order chi connectivity index (χ1) is 13.1. The second-order valence-corrected chi connectivity index (χ2v) is 6.78.